The largest absolute Gasteiger partial charge is 0.326 e. The lowest BCUT2D eigenvalue weighted by molar-refractivity contribution is -0.115. The number of carbonyl (C=O) groups is 1. The van der Waals surface area contributed by atoms with Crippen LogP contribution in [0.2, 0.25) is 0 Å². The normalized spacial score (nSPS) is 10.6. The van der Waals surface area contributed by atoms with Gasteiger partial charge in [-0.1, -0.05) is 23.9 Å². The SMILES string of the molecule is Cc1csc(Sc2ccc(NC(=O)Cc3ccc(F)cc3)cc2)n1. The van der Waals surface area contributed by atoms with E-state index in [1.165, 1.54) is 12.1 Å². The standard InChI is InChI=1S/C18H15FN2OS2/c1-12-11-23-18(20-12)24-16-8-6-15(7-9-16)21-17(22)10-13-2-4-14(19)5-3-13/h2-9,11H,10H2,1H3,(H,21,22). The molecule has 0 bridgehead atoms. The molecule has 1 amide bonds. The second-order valence-electron chi connectivity index (χ2n) is 5.23. The monoisotopic (exact) mass is 358 g/mol. The summed E-state index contributed by atoms with van der Waals surface area (Å²) in [4.78, 5) is 17.5. The Bertz CT molecular complexity index is 829. The van der Waals surface area contributed by atoms with Crippen molar-refractivity contribution in [3.63, 3.8) is 0 Å². The molecular weight excluding hydrogens is 343 g/mol. The number of rotatable bonds is 5. The van der Waals surface area contributed by atoms with Crippen molar-refractivity contribution in [2.45, 2.75) is 22.6 Å². The van der Waals surface area contributed by atoms with Gasteiger partial charge in [-0.15, -0.1) is 11.3 Å². The molecule has 0 fully saturated rings. The summed E-state index contributed by atoms with van der Waals surface area (Å²) in [5.41, 5.74) is 2.54. The van der Waals surface area contributed by atoms with Gasteiger partial charge in [0.05, 0.1) is 6.42 Å². The van der Waals surface area contributed by atoms with Crippen molar-refractivity contribution in [1.29, 1.82) is 0 Å². The number of benzene rings is 2. The van der Waals surface area contributed by atoms with E-state index < -0.39 is 0 Å². The molecule has 1 heterocycles. The van der Waals surface area contributed by atoms with Gasteiger partial charge < -0.3 is 5.32 Å². The first kappa shape index (κ1) is 16.7. The summed E-state index contributed by atoms with van der Waals surface area (Å²) in [5, 5.41) is 4.87. The maximum atomic E-state index is 12.9. The molecule has 0 radical (unpaired) electrons. The molecule has 122 valence electrons. The minimum atomic E-state index is -0.303. The minimum absolute atomic E-state index is 0.127. The first-order valence-corrected chi connectivity index (χ1v) is 9.02. The van der Waals surface area contributed by atoms with Crippen LogP contribution in [0.3, 0.4) is 0 Å². The van der Waals surface area contributed by atoms with Crippen LogP contribution in [0.1, 0.15) is 11.3 Å². The molecule has 6 heteroatoms. The molecule has 0 aliphatic heterocycles. The highest BCUT2D eigenvalue weighted by atomic mass is 32.2. The Balaban J connectivity index is 1.57. The summed E-state index contributed by atoms with van der Waals surface area (Å²) in [7, 11) is 0. The van der Waals surface area contributed by atoms with Gasteiger partial charge in [-0.2, -0.15) is 0 Å². The van der Waals surface area contributed by atoms with Crippen LogP contribution in [0.4, 0.5) is 10.1 Å². The van der Waals surface area contributed by atoms with Gasteiger partial charge >= 0.3 is 0 Å². The third-order valence-corrected chi connectivity index (χ3v) is 5.28. The van der Waals surface area contributed by atoms with Crippen LogP contribution in [0, 0.1) is 12.7 Å². The van der Waals surface area contributed by atoms with E-state index in [1.807, 2.05) is 36.6 Å². The maximum Gasteiger partial charge on any atom is 0.228 e. The van der Waals surface area contributed by atoms with E-state index in [0.29, 0.717) is 0 Å². The first-order chi connectivity index (χ1) is 11.6. The van der Waals surface area contributed by atoms with Crippen molar-refractivity contribution in [3.05, 3.63) is 71.0 Å². The molecule has 0 atom stereocenters. The lowest BCUT2D eigenvalue weighted by atomic mass is 10.1. The van der Waals surface area contributed by atoms with Gasteiger partial charge in [-0.3, -0.25) is 4.79 Å². The molecule has 0 spiro atoms. The average molecular weight is 358 g/mol. The number of nitrogens with one attached hydrogen (secondary N) is 1. The molecule has 2 aromatic carbocycles. The Morgan fingerprint density at radius 2 is 1.88 bits per heavy atom. The number of nitrogens with zero attached hydrogens (tertiary/aromatic N) is 1. The molecular formula is C18H15FN2OS2. The number of carbonyl (C=O) groups excluding carboxylic acids is 1. The predicted molar refractivity (Wildman–Crippen MR) is 96.1 cm³/mol. The molecule has 0 saturated carbocycles. The highest BCUT2D eigenvalue weighted by molar-refractivity contribution is 8.01. The van der Waals surface area contributed by atoms with Crippen molar-refractivity contribution < 1.29 is 9.18 Å². The number of anilines is 1. The second-order valence-corrected chi connectivity index (χ2v) is 7.41. The van der Waals surface area contributed by atoms with E-state index in [2.05, 4.69) is 10.3 Å². The van der Waals surface area contributed by atoms with Crippen LogP contribution < -0.4 is 5.32 Å². The summed E-state index contributed by atoms with van der Waals surface area (Å²) in [6.45, 7) is 1.97. The molecule has 3 nitrogen and oxygen atoms in total. The summed E-state index contributed by atoms with van der Waals surface area (Å²) in [6, 6.07) is 13.6. The number of halogens is 1. The van der Waals surface area contributed by atoms with Gasteiger partial charge in [0.1, 0.15) is 5.82 Å². The zero-order valence-corrected chi connectivity index (χ0v) is 14.6. The number of aromatic nitrogens is 1. The molecule has 0 saturated heterocycles. The maximum absolute atomic E-state index is 12.9. The summed E-state index contributed by atoms with van der Waals surface area (Å²) >= 11 is 3.22. The van der Waals surface area contributed by atoms with Crippen molar-refractivity contribution >= 4 is 34.7 Å². The van der Waals surface area contributed by atoms with Crippen LogP contribution in [-0.4, -0.2) is 10.9 Å². The minimum Gasteiger partial charge on any atom is -0.326 e. The smallest absolute Gasteiger partial charge is 0.228 e. The fraction of sp³-hybridized carbons (Fsp3) is 0.111. The third-order valence-electron chi connectivity index (χ3n) is 3.22. The summed E-state index contributed by atoms with van der Waals surface area (Å²) in [6.07, 6.45) is 0.217. The van der Waals surface area contributed by atoms with Crippen molar-refractivity contribution in [1.82, 2.24) is 4.98 Å². The van der Waals surface area contributed by atoms with Crippen LogP contribution in [-0.2, 0) is 11.2 Å². The molecule has 24 heavy (non-hydrogen) atoms. The number of amides is 1. The van der Waals surface area contributed by atoms with Gasteiger partial charge in [0.15, 0.2) is 4.34 Å². The lowest BCUT2D eigenvalue weighted by Crippen LogP contribution is -2.14. The van der Waals surface area contributed by atoms with Gasteiger partial charge in [-0.25, -0.2) is 9.37 Å². The average Bonchev–Trinajstić information content (AvgIpc) is 2.96. The van der Waals surface area contributed by atoms with E-state index in [9.17, 15) is 9.18 Å². The molecule has 0 aliphatic rings. The Morgan fingerprint density at radius 3 is 2.50 bits per heavy atom. The quantitative estimate of drug-likeness (QED) is 0.704. The predicted octanol–water partition coefficient (Wildman–Crippen LogP) is 4.92. The van der Waals surface area contributed by atoms with Crippen LogP contribution in [0.15, 0.2) is 63.1 Å². The zero-order valence-electron chi connectivity index (χ0n) is 13.0. The third kappa shape index (κ3) is 4.66. The lowest BCUT2D eigenvalue weighted by Gasteiger charge is -2.06. The fourth-order valence-corrected chi connectivity index (χ4v) is 3.89. The van der Waals surface area contributed by atoms with E-state index in [0.717, 1.165) is 26.2 Å². The number of aryl methyl sites for hydroxylation is 1. The Kier molecular flexibility index (Phi) is 5.27. The van der Waals surface area contributed by atoms with Gasteiger partial charge in [0.2, 0.25) is 5.91 Å². The molecule has 0 unspecified atom stereocenters. The highest BCUT2D eigenvalue weighted by Crippen LogP contribution is 2.30. The van der Waals surface area contributed by atoms with Crippen molar-refractivity contribution in [3.8, 4) is 0 Å². The van der Waals surface area contributed by atoms with Crippen LogP contribution >= 0.6 is 23.1 Å². The van der Waals surface area contributed by atoms with Gasteiger partial charge in [0, 0.05) is 21.7 Å². The van der Waals surface area contributed by atoms with Crippen molar-refractivity contribution in [2.75, 3.05) is 5.32 Å². The Labute approximate surface area is 148 Å². The molecule has 3 aromatic rings. The van der Waals surface area contributed by atoms with Crippen molar-refractivity contribution in [2.24, 2.45) is 0 Å². The number of hydrogen-bond donors (Lipinski definition) is 1. The highest BCUT2D eigenvalue weighted by Gasteiger charge is 2.06. The topological polar surface area (TPSA) is 42.0 Å². The van der Waals surface area contributed by atoms with Crippen LogP contribution in [0.5, 0.6) is 0 Å². The zero-order chi connectivity index (χ0) is 16.9. The number of thiazole rings is 1. The fourth-order valence-electron chi connectivity index (χ4n) is 2.08. The second kappa shape index (κ2) is 7.59. The Morgan fingerprint density at radius 1 is 1.17 bits per heavy atom. The van der Waals surface area contributed by atoms with E-state index in [1.54, 1.807) is 35.2 Å². The molecule has 1 N–H and O–H groups in total. The summed E-state index contributed by atoms with van der Waals surface area (Å²) < 4.78 is 13.9. The Hall–Kier alpha value is -2.18. The molecule has 1 aromatic heterocycles. The summed E-state index contributed by atoms with van der Waals surface area (Å²) in [5.74, 6) is -0.430. The molecule has 3 rings (SSSR count). The van der Waals surface area contributed by atoms with Crippen LogP contribution in [0.25, 0.3) is 0 Å². The van der Waals surface area contributed by atoms with Gasteiger partial charge in [0.25, 0.3) is 0 Å². The molecule has 0 aliphatic carbocycles. The van der Waals surface area contributed by atoms with E-state index in [-0.39, 0.29) is 18.1 Å². The van der Waals surface area contributed by atoms with E-state index in [4.69, 9.17) is 0 Å². The van der Waals surface area contributed by atoms with Gasteiger partial charge in [-0.05, 0) is 48.9 Å². The van der Waals surface area contributed by atoms with E-state index >= 15 is 0 Å². The first-order valence-electron chi connectivity index (χ1n) is 7.33. The number of hydrogen-bond acceptors (Lipinski definition) is 4.